The predicted octanol–water partition coefficient (Wildman–Crippen LogP) is 3.86. The van der Waals surface area contributed by atoms with Gasteiger partial charge in [-0.3, -0.25) is 9.59 Å². The van der Waals surface area contributed by atoms with E-state index in [1.165, 1.54) is 4.68 Å². The van der Waals surface area contributed by atoms with Crippen molar-refractivity contribution < 1.29 is 4.79 Å². The maximum atomic E-state index is 13.0. The summed E-state index contributed by atoms with van der Waals surface area (Å²) in [6.45, 7) is 6.15. The fourth-order valence-electron chi connectivity index (χ4n) is 3.98. The van der Waals surface area contributed by atoms with Gasteiger partial charge in [-0.2, -0.15) is 10.2 Å². The van der Waals surface area contributed by atoms with Crippen LogP contribution in [0.3, 0.4) is 0 Å². The van der Waals surface area contributed by atoms with E-state index in [1.807, 2.05) is 81.4 Å². The molecule has 0 radical (unpaired) electrons. The highest BCUT2D eigenvalue weighted by molar-refractivity contribution is 5.83. The zero-order valence-corrected chi connectivity index (χ0v) is 18.6. The third-order valence-corrected chi connectivity index (χ3v) is 5.64. The van der Waals surface area contributed by atoms with E-state index < -0.39 is 0 Å². The summed E-state index contributed by atoms with van der Waals surface area (Å²) in [5.41, 5.74) is 3.76. The molecule has 0 saturated carbocycles. The van der Waals surface area contributed by atoms with Crippen molar-refractivity contribution in [3.8, 4) is 5.69 Å². The number of amides is 1. The second-order valence-electron chi connectivity index (χ2n) is 7.97. The second-order valence-corrected chi connectivity index (χ2v) is 7.97. The number of para-hydroxylation sites is 1. The van der Waals surface area contributed by atoms with Crippen molar-refractivity contribution in [2.45, 2.75) is 46.2 Å². The zero-order chi connectivity index (χ0) is 22.7. The first-order valence-corrected chi connectivity index (χ1v) is 10.8. The third-order valence-electron chi connectivity index (χ3n) is 5.64. The van der Waals surface area contributed by atoms with E-state index in [2.05, 4.69) is 15.5 Å². The molecule has 2 aromatic carbocycles. The molecule has 32 heavy (non-hydrogen) atoms. The molecule has 0 fully saturated rings. The largest absolute Gasteiger partial charge is 0.350 e. The average molecular weight is 430 g/mol. The normalized spacial score (nSPS) is 12.1. The summed E-state index contributed by atoms with van der Waals surface area (Å²) in [6, 6.07) is 19.5. The fourth-order valence-corrected chi connectivity index (χ4v) is 3.98. The van der Waals surface area contributed by atoms with E-state index in [9.17, 15) is 9.59 Å². The van der Waals surface area contributed by atoms with Gasteiger partial charge in [-0.1, -0.05) is 48.5 Å². The molecule has 7 heteroatoms. The monoisotopic (exact) mass is 429 g/mol. The number of nitrogens with one attached hydrogen (secondary N) is 1. The summed E-state index contributed by atoms with van der Waals surface area (Å²) in [7, 11) is 0. The van der Waals surface area contributed by atoms with Gasteiger partial charge >= 0.3 is 0 Å². The summed E-state index contributed by atoms with van der Waals surface area (Å²) in [5, 5.41) is 12.9. The first kappa shape index (κ1) is 21.5. The minimum atomic E-state index is -0.235. The minimum Gasteiger partial charge on any atom is -0.350 e. The number of carbonyl (C=O) groups is 1. The molecule has 2 aromatic heterocycles. The van der Waals surface area contributed by atoms with Crippen molar-refractivity contribution in [3.05, 3.63) is 88.0 Å². The van der Waals surface area contributed by atoms with Gasteiger partial charge in [0.1, 0.15) is 0 Å². The van der Waals surface area contributed by atoms with Crippen LogP contribution in [0.5, 0.6) is 0 Å². The Morgan fingerprint density at radius 2 is 1.66 bits per heavy atom. The lowest BCUT2D eigenvalue weighted by atomic mass is 10.1. The molecule has 0 aliphatic carbocycles. The van der Waals surface area contributed by atoms with Crippen molar-refractivity contribution >= 4 is 16.8 Å². The Balaban J connectivity index is 1.47. The highest BCUT2D eigenvalue weighted by Crippen LogP contribution is 2.21. The molecule has 0 saturated heterocycles. The van der Waals surface area contributed by atoms with Crippen LogP contribution in [0.15, 0.2) is 65.5 Å². The first-order valence-electron chi connectivity index (χ1n) is 10.8. The number of rotatable bonds is 7. The number of fused-ring (bicyclic) bond motifs is 1. The van der Waals surface area contributed by atoms with Gasteiger partial charge in [0.2, 0.25) is 5.91 Å². The van der Waals surface area contributed by atoms with Gasteiger partial charge in [-0.05, 0) is 44.9 Å². The summed E-state index contributed by atoms with van der Waals surface area (Å²) in [5.74, 6) is -0.0450. The molecule has 1 unspecified atom stereocenters. The smallest absolute Gasteiger partial charge is 0.295 e. The van der Waals surface area contributed by atoms with Gasteiger partial charge < -0.3 is 5.32 Å². The Bertz CT molecular complexity index is 1290. The van der Waals surface area contributed by atoms with E-state index in [0.29, 0.717) is 24.9 Å². The van der Waals surface area contributed by atoms with Crippen LogP contribution >= 0.6 is 0 Å². The van der Waals surface area contributed by atoms with Crippen molar-refractivity contribution in [1.82, 2.24) is 24.9 Å². The van der Waals surface area contributed by atoms with E-state index in [1.54, 1.807) is 4.68 Å². The molecular weight excluding hydrogens is 402 g/mol. The molecule has 4 rings (SSSR count). The molecule has 2 heterocycles. The summed E-state index contributed by atoms with van der Waals surface area (Å²) >= 11 is 0. The Morgan fingerprint density at radius 3 is 2.34 bits per heavy atom. The number of carbonyl (C=O) groups excluding carboxylic acids is 1. The van der Waals surface area contributed by atoms with Crippen molar-refractivity contribution in [2.24, 2.45) is 0 Å². The minimum absolute atomic E-state index is 0.0450. The summed E-state index contributed by atoms with van der Waals surface area (Å²) < 4.78 is 3.21. The van der Waals surface area contributed by atoms with Crippen LogP contribution in [0.4, 0.5) is 0 Å². The topological polar surface area (TPSA) is 81.8 Å². The third kappa shape index (κ3) is 4.32. The van der Waals surface area contributed by atoms with Gasteiger partial charge in [0.05, 0.1) is 28.5 Å². The van der Waals surface area contributed by atoms with E-state index in [4.69, 9.17) is 0 Å². The quantitative estimate of drug-likeness (QED) is 0.484. The molecule has 1 amide bonds. The maximum absolute atomic E-state index is 13.0. The molecule has 164 valence electrons. The van der Waals surface area contributed by atoms with Crippen molar-refractivity contribution in [3.63, 3.8) is 0 Å². The Hall–Kier alpha value is -3.74. The van der Waals surface area contributed by atoms with E-state index in [-0.39, 0.29) is 17.5 Å². The number of aryl methyl sites for hydroxylation is 3. The van der Waals surface area contributed by atoms with Gasteiger partial charge in [0, 0.05) is 13.0 Å². The zero-order valence-electron chi connectivity index (χ0n) is 18.6. The molecule has 0 bridgehead atoms. The number of nitrogens with zero attached hydrogens (tertiary/aromatic N) is 4. The van der Waals surface area contributed by atoms with Crippen LogP contribution in [0.25, 0.3) is 16.6 Å². The Labute approximate surface area is 186 Å². The number of aromatic nitrogens is 4. The van der Waals surface area contributed by atoms with Gasteiger partial charge in [0.25, 0.3) is 5.56 Å². The lowest BCUT2D eigenvalue weighted by Gasteiger charge is -2.14. The highest BCUT2D eigenvalue weighted by Gasteiger charge is 2.17. The van der Waals surface area contributed by atoms with Crippen LogP contribution in [0.2, 0.25) is 0 Å². The highest BCUT2D eigenvalue weighted by atomic mass is 16.1. The summed E-state index contributed by atoms with van der Waals surface area (Å²) in [6.07, 6.45) is 0.837. The van der Waals surface area contributed by atoms with Gasteiger partial charge in [0.15, 0.2) is 5.52 Å². The van der Waals surface area contributed by atoms with Crippen LogP contribution in [0, 0.1) is 13.8 Å². The molecule has 0 spiro atoms. The fraction of sp³-hybridized carbons (Fsp3) is 0.280. The number of hydrogen-bond acceptors (Lipinski definition) is 4. The number of benzene rings is 2. The average Bonchev–Trinajstić information content (AvgIpc) is 3.16. The molecule has 1 N–H and O–H groups in total. The Morgan fingerprint density at radius 1 is 1.00 bits per heavy atom. The van der Waals surface area contributed by atoms with Gasteiger partial charge in [-0.25, -0.2) is 9.36 Å². The SMILES string of the molecule is Cc1nn(CCCC(=O)NC(C)c2ccccc2)c(=O)c2nn(-c3ccccc3)c(C)c12. The van der Waals surface area contributed by atoms with Crippen LogP contribution in [-0.4, -0.2) is 25.5 Å². The second kappa shape index (κ2) is 9.18. The Kier molecular flexibility index (Phi) is 6.16. The molecule has 1 atom stereocenters. The molecule has 4 aromatic rings. The maximum Gasteiger partial charge on any atom is 0.295 e. The first-order chi connectivity index (χ1) is 15.5. The molecule has 0 aliphatic rings. The standard InChI is InChI=1S/C25H27N5O2/c1-17(20-11-6-4-7-12-20)26-22(31)15-10-16-29-25(32)24-23(18(2)27-29)19(3)30(28-24)21-13-8-5-9-14-21/h4-9,11-14,17H,10,15-16H2,1-3H3,(H,26,31). The van der Waals surface area contributed by atoms with Crippen molar-refractivity contribution in [2.75, 3.05) is 0 Å². The lowest BCUT2D eigenvalue weighted by Crippen LogP contribution is -2.28. The van der Waals surface area contributed by atoms with Crippen LogP contribution in [-0.2, 0) is 11.3 Å². The molecule has 7 nitrogen and oxygen atoms in total. The lowest BCUT2D eigenvalue weighted by molar-refractivity contribution is -0.121. The van der Waals surface area contributed by atoms with Crippen LogP contribution < -0.4 is 10.9 Å². The predicted molar refractivity (Wildman–Crippen MR) is 125 cm³/mol. The molecule has 0 aliphatic heterocycles. The van der Waals surface area contributed by atoms with Gasteiger partial charge in [-0.15, -0.1) is 0 Å². The van der Waals surface area contributed by atoms with Crippen molar-refractivity contribution in [1.29, 1.82) is 0 Å². The van der Waals surface area contributed by atoms with E-state index in [0.717, 1.165) is 28.0 Å². The summed E-state index contributed by atoms with van der Waals surface area (Å²) in [4.78, 5) is 25.4. The van der Waals surface area contributed by atoms with E-state index >= 15 is 0 Å². The van der Waals surface area contributed by atoms with Crippen LogP contribution in [0.1, 0.15) is 42.8 Å². The molecular formula is C25H27N5O2. The number of hydrogen-bond donors (Lipinski definition) is 1.